The number of nitrogens with two attached hydrogens (primary N) is 1. The van der Waals surface area contributed by atoms with Crippen molar-refractivity contribution in [3.8, 4) is 42.3 Å². The molecule has 131 heavy (non-hydrogen) atoms. The number of nitrogens with zero attached hydrogens (tertiary/aromatic N) is 6. The van der Waals surface area contributed by atoms with Gasteiger partial charge in [-0.1, -0.05) is 54.7 Å². The maximum absolute atomic E-state index is 13.7. The van der Waals surface area contributed by atoms with Gasteiger partial charge in [0.05, 0.1) is 60.1 Å². The van der Waals surface area contributed by atoms with E-state index in [0.29, 0.717) is 130 Å². The number of thiophene rings is 4. The molecule has 32 heteroatoms. The van der Waals surface area contributed by atoms with Crippen LogP contribution in [-0.4, -0.2) is 137 Å². The molecule has 0 radical (unpaired) electrons. The van der Waals surface area contributed by atoms with E-state index in [1.807, 2.05) is 55.4 Å². The minimum Gasteiger partial charge on any atom is -0.444 e. The second-order valence-electron chi connectivity index (χ2n) is 34.5. The minimum absolute atomic E-state index is 0. The van der Waals surface area contributed by atoms with E-state index in [1.165, 1.54) is 146 Å². The SMILES string of the molecule is C.C.C=CC(=O)Nc1sc2c(c1-c1nc3cc(F)ccc3s1)CC(C)N(C(=O)OC(C)(C)C)C2.C=CC(=O)Nc1sc2c(c1-c1nc3cc(F)ccc3s1)CCN(C(=O)OC(C)(C)C)C2C.COCCCCCC(=O)Cc1sc2c(c1-c1nc3cc(F)ccc3s1)CC(C)CC2.COCCCCCC(=O)Cc1sc2c(c1-c1nc3cc(F)ccc3s1)CCCC2C.COCCN. The van der Waals surface area contributed by atoms with Crippen molar-refractivity contribution in [1.29, 1.82) is 0 Å². The number of rotatable bonds is 26. The number of hydrogen-bond donors (Lipinski definition) is 3. The molecule has 2 aliphatic carbocycles. The summed E-state index contributed by atoms with van der Waals surface area (Å²) in [6, 6.07) is 18.3. The van der Waals surface area contributed by atoms with Gasteiger partial charge in [0.15, 0.2) is 0 Å². The first-order valence-corrected chi connectivity index (χ1v) is 50.1. The van der Waals surface area contributed by atoms with Gasteiger partial charge in [0.1, 0.15) is 76.1 Å². The van der Waals surface area contributed by atoms with Crippen LogP contribution in [0.2, 0.25) is 0 Å². The van der Waals surface area contributed by atoms with Crippen LogP contribution in [0.15, 0.2) is 98.1 Å². The Morgan fingerprint density at radius 1 is 0.489 bits per heavy atom. The zero-order valence-corrected chi connectivity index (χ0v) is 81.8. The minimum atomic E-state index is -0.586. The highest BCUT2D eigenvalue weighted by atomic mass is 32.1. The molecule has 704 valence electrons. The van der Waals surface area contributed by atoms with Gasteiger partial charge in [0.25, 0.3) is 0 Å². The fraction of sp³-hybridized carbons (Fsp3) is 0.455. The molecule has 0 fully saturated rings. The number of carbonyl (C=O) groups is 6. The van der Waals surface area contributed by atoms with E-state index in [1.54, 1.807) is 101 Å². The molecule has 4 aromatic carbocycles. The number of methoxy groups -OCH3 is 3. The average molecular weight is 1950 g/mol. The molecule has 8 aromatic heterocycles. The molecule has 10 heterocycles. The highest BCUT2D eigenvalue weighted by Gasteiger charge is 2.39. The molecular weight excluding hydrogens is 1820 g/mol. The zero-order valence-electron chi connectivity index (χ0n) is 75.3. The van der Waals surface area contributed by atoms with Crippen LogP contribution in [0, 0.1) is 29.2 Å². The highest BCUT2D eigenvalue weighted by Crippen LogP contribution is 2.53. The third-order valence-electron chi connectivity index (χ3n) is 22.1. The molecule has 0 saturated carbocycles. The topological polar surface area (TPSA) is 257 Å². The number of thiazole rings is 4. The number of unbranched alkanes of at least 4 members (excludes halogenated alkanes) is 4. The summed E-state index contributed by atoms with van der Waals surface area (Å²) >= 11 is 12.6. The largest absolute Gasteiger partial charge is 0.444 e. The molecule has 0 bridgehead atoms. The maximum Gasteiger partial charge on any atom is 0.410 e. The molecule has 4 unspecified atom stereocenters. The summed E-state index contributed by atoms with van der Waals surface area (Å²) in [7, 11) is 5.05. The number of Topliss-reactive ketones (excluding diaryl/α,β-unsaturated/α-hetero) is 2. The molecule has 20 nitrogen and oxygen atoms in total. The number of aromatic nitrogens is 4. The van der Waals surface area contributed by atoms with Crippen molar-refractivity contribution in [2.75, 3.05) is 64.9 Å². The summed E-state index contributed by atoms with van der Waals surface area (Å²) < 4.78 is 84.3. The first-order chi connectivity index (χ1) is 61.6. The van der Waals surface area contributed by atoms with E-state index >= 15 is 0 Å². The lowest BCUT2D eigenvalue weighted by Gasteiger charge is -2.35. The summed E-state index contributed by atoms with van der Waals surface area (Å²) in [5.41, 5.74) is 15.2. The number of ether oxygens (including phenoxy) is 5. The third kappa shape index (κ3) is 26.8. The van der Waals surface area contributed by atoms with Crippen LogP contribution in [0.25, 0.3) is 83.2 Å². The Morgan fingerprint density at radius 3 is 1.35 bits per heavy atom. The number of hydrogen-bond acceptors (Lipinski definition) is 24. The summed E-state index contributed by atoms with van der Waals surface area (Å²) in [6.45, 7) is 30.3. The number of carbonyl (C=O) groups excluding carboxylic acids is 6. The summed E-state index contributed by atoms with van der Waals surface area (Å²) in [5, 5.41) is 10.4. The average Bonchev–Trinajstić information content (AvgIpc) is 1.61. The summed E-state index contributed by atoms with van der Waals surface area (Å²) in [6.07, 6.45) is 17.7. The fourth-order valence-electron chi connectivity index (χ4n) is 15.9. The van der Waals surface area contributed by atoms with Gasteiger partial charge in [-0.3, -0.25) is 19.2 Å². The van der Waals surface area contributed by atoms with E-state index in [9.17, 15) is 46.3 Å². The Bertz CT molecular complexity index is 6000. The molecule has 4 atom stereocenters. The molecule has 4 aliphatic rings. The lowest BCUT2D eigenvalue weighted by Crippen LogP contribution is -2.44. The smallest absolute Gasteiger partial charge is 0.410 e. The Labute approximate surface area is 797 Å². The number of aryl methyl sites for hydroxylation is 1. The highest BCUT2D eigenvalue weighted by molar-refractivity contribution is 7.24. The second-order valence-corrected chi connectivity index (χ2v) is 43.1. The van der Waals surface area contributed by atoms with Crippen LogP contribution in [0.5, 0.6) is 0 Å². The van der Waals surface area contributed by atoms with Crippen LogP contribution in [0.1, 0.15) is 218 Å². The standard InChI is InChI=1S/2C24H28FNO2S2.2C23H24FN3O3S2.C3H9NO.2CH4/c1-15-7-6-9-18-22(24-26-19-13-16(25)10-11-20(19)30-24)21(29-23(15)18)14-17(27)8-4-3-5-12-28-2;1-15-7-9-20-18(12-15)23(24-26-19-13-16(25)8-10-21(19)30-24)22(29-20)14-17(27)6-4-3-5-11-28-2;1-6-18(28)26-21-19(20-25-15-10-13(24)7-8-16(15)31-20)14-9-12(2)27(11-17(14)32-21)22(29)30-23(3,4)5;1-6-17(28)26-21-18(20-25-15-11-13(24)7-8-16(15)31-20)14-9-10-27(12(2)19(14)32-21)22(29)30-23(3,4)5;1-5-3-2-4;;/h10-11,13,15H,3-9,12,14H2,1-2H3;8,10,13,15H,3-7,9,11-12,14H2,1-2H3;6-8,10,12H,1,9,11H2,2-5H3,(H,26,28);6-8,11-12H,1,9-10H2,2-5H3,(H,26,28);2-4H2,1H3;2*1H4. The van der Waals surface area contributed by atoms with Crippen LogP contribution in [-0.2, 0) is 94.4 Å². The lowest BCUT2D eigenvalue weighted by atomic mass is 9.87. The second kappa shape index (κ2) is 47.3. The van der Waals surface area contributed by atoms with Crippen molar-refractivity contribution in [3.63, 3.8) is 0 Å². The number of benzene rings is 4. The van der Waals surface area contributed by atoms with Gasteiger partial charge in [0, 0.05) is 155 Å². The maximum atomic E-state index is 13.7. The Kier molecular flexibility index (Phi) is 37.6. The fourth-order valence-corrected chi connectivity index (χ4v) is 25.7. The van der Waals surface area contributed by atoms with Crippen molar-refractivity contribution < 1.29 is 70.0 Å². The molecule has 12 aromatic rings. The van der Waals surface area contributed by atoms with Gasteiger partial charge in [0.2, 0.25) is 11.8 Å². The normalized spacial score (nSPS) is 15.6. The predicted molar refractivity (Wildman–Crippen MR) is 534 cm³/mol. The van der Waals surface area contributed by atoms with Crippen LogP contribution in [0.3, 0.4) is 0 Å². The van der Waals surface area contributed by atoms with Crippen molar-refractivity contribution in [2.45, 2.75) is 235 Å². The third-order valence-corrected chi connectivity index (χ3v) is 31.5. The van der Waals surface area contributed by atoms with E-state index in [0.717, 1.165) is 153 Å². The van der Waals surface area contributed by atoms with E-state index in [-0.39, 0.29) is 74.2 Å². The number of fused-ring (bicyclic) bond motifs is 8. The number of amides is 4. The molecule has 0 spiro atoms. The molecule has 16 rings (SSSR count). The summed E-state index contributed by atoms with van der Waals surface area (Å²) in [4.78, 5) is 105. The molecule has 2 aliphatic heterocycles. The lowest BCUT2D eigenvalue weighted by molar-refractivity contribution is -0.119. The molecule has 4 amide bonds. The number of halogens is 4. The quantitative estimate of drug-likeness (QED) is 0.0259. The molecular formula is C99H121F4N9O11S8. The number of nitrogens with one attached hydrogen (secondary N) is 2. The van der Waals surface area contributed by atoms with Gasteiger partial charge in [-0.2, -0.15) is 0 Å². The molecule has 0 saturated heterocycles. The molecule has 4 N–H and O–H groups in total. The Balaban J connectivity index is 0.000000177. The van der Waals surface area contributed by atoms with Crippen LogP contribution >= 0.6 is 90.7 Å². The zero-order chi connectivity index (χ0) is 92.7. The Morgan fingerprint density at radius 2 is 0.908 bits per heavy atom. The van der Waals surface area contributed by atoms with Gasteiger partial charge in [-0.05, 0) is 227 Å². The van der Waals surface area contributed by atoms with Crippen LogP contribution < -0.4 is 16.4 Å². The van der Waals surface area contributed by atoms with E-state index in [4.69, 9.17) is 34.6 Å². The number of anilines is 2. The van der Waals surface area contributed by atoms with E-state index in [2.05, 4.69) is 52.3 Å². The van der Waals surface area contributed by atoms with Gasteiger partial charge in [-0.25, -0.2) is 47.1 Å². The summed E-state index contributed by atoms with van der Waals surface area (Å²) in [5.74, 6) is -0.0909. The van der Waals surface area contributed by atoms with Crippen molar-refractivity contribution in [3.05, 3.63) is 173 Å². The monoisotopic (exact) mass is 1940 g/mol. The Hall–Kier alpha value is -8.90. The van der Waals surface area contributed by atoms with Crippen LogP contribution in [0.4, 0.5) is 37.2 Å². The van der Waals surface area contributed by atoms with Gasteiger partial charge < -0.3 is 49.9 Å². The van der Waals surface area contributed by atoms with Crippen molar-refractivity contribution in [2.24, 2.45) is 11.7 Å². The van der Waals surface area contributed by atoms with E-state index < -0.39 is 11.2 Å². The van der Waals surface area contributed by atoms with Crippen molar-refractivity contribution in [1.82, 2.24) is 29.7 Å². The first-order valence-electron chi connectivity index (χ1n) is 43.6. The number of ketones is 2. The van der Waals surface area contributed by atoms with Crippen molar-refractivity contribution >= 4 is 177 Å². The predicted octanol–water partition coefficient (Wildman–Crippen LogP) is 26.5. The first kappa shape index (κ1) is 104. The van der Waals surface area contributed by atoms with Gasteiger partial charge >= 0.3 is 12.2 Å². The van der Waals surface area contributed by atoms with Gasteiger partial charge in [-0.15, -0.1) is 90.7 Å².